The van der Waals surface area contributed by atoms with Gasteiger partial charge in [-0.2, -0.15) is 10.1 Å². The van der Waals surface area contributed by atoms with Crippen LogP contribution in [-0.2, 0) is 4.74 Å². The number of para-hydroxylation sites is 3. The van der Waals surface area contributed by atoms with E-state index in [1.54, 1.807) is 6.20 Å². The van der Waals surface area contributed by atoms with E-state index in [2.05, 4.69) is 31.5 Å². The fourth-order valence-corrected chi connectivity index (χ4v) is 3.06. The second-order valence-corrected chi connectivity index (χ2v) is 6.28. The molecule has 7 nitrogen and oxygen atoms in total. The molecule has 7 heteroatoms. The SMILES string of the molecule is CN(c1ccccc1)c1nncc(Nc2ccccc2N2CCOCC2)n1. The Bertz CT molecular complexity index is 882. The summed E-state index contributed by atoms with van der Waals surface area (Å²) >= 11 is 0. The van der Waals surface area contributed by atoms with Crippen LogP contribution in [0.25, 0.3) is 0 Å². The lowest BCUT2D eigenvalue weighted by Crippen LogP contribution is -2.36. The molecule has 4 rings (SSSR count). The van der Waals surface area contributed by atoms with Gasteiger partial charge in [0.25, 0.3) is 5.95 Å². The van der Waals surface area contributed by atoms with Crippen LogP contribution < -0.4 is 15.1 Å². The second kappa shape index (κ2) is 8.01. The molecule has 0 aliphatic carbocycles. The van der Waals surface area contributed by atoms with Gasteiger partial charge in [-0.25, -0.2) is 0 Å². The van der Waals surface area contributed by atoms with Crippen molar-refractivity contribution in [3.63, 3.8) is 0 Å². The first-order valence-corrected chi connectivity index (χ1v) is 8.98. The number of hydrogen-bond acceptors (Lipinski definition) is 7. The number of rotatable bonds is 5. The summed E-state index contributed by atoms with van der Waals surface area (Å²) in [5, 5.41) is 11.7. The van der Waals surface area contributed by atoms with E-state index in [1.165, 1.54) is 0 Å². The number of nitrogens with one attached hydrogen (secondary N) is 1. The molecule has 1 aliphatic heterocycles. The zero-order valence-corrected chi connectivity index (χ0v) is 15.2. The molecule has 0 bridgehead atoms. The Morgan fingerprint density at radius 1 is 1.00 bits per heavy atom. The summed E-state index contributed by atoms with van der Waals surface area (Å²) in [7, 11) is 1.93. The van der Waals surface area contributed by atoms with Crippen molar-refractivity contribution in [3.8, 4) is 0 Å². The maximum Gasteiger partial charge on any atom is 0.251 e. The minimum absolute atomic E-state index is 0.537. The number of benzene rings is 2. The zero-order valence-electron chi connectivity index (χ0n) is 15.2. The van der Waals surface area contributed by atoms with Gasteiger partial charge in [0.05, 0.1) is 30.8 Å². The van der Waals surface area contributed by atoms with E-state index in [-0.39, 0.29) is 0 Å². The van der Waals surface area contributed by atoms with E-state index >= 15 is 0 Å². The summed E-state index contributed by atoms with van der Waals surface area (Å²) in [5.74, 6) is 1.19. The molecule has 1 aliphatic rings. The minimum Gasteiger partial charge on any atom is -0.378 e. The normalized spacial score (nSPS) is 14.0. The van der Waals surface area contributed by atoms with Gasteiger partial charge in [-0.15, -0.1) is 5.10 Å². The van der Waals surface area contributed by atoms with Gasteiger partial charge in [0.2, 0.25) is 0 Å². The molecule has 2 heterocycles. The van der Waals surface area contributed by atoms with Crippen LogP contribution in [-0.4, -0.2) is 48.5 Å². The quantitative estimate of drug-likeness (QED) is 0.747. The summed E-state index contributed by atoms with van der Waals surface area (Å²) in [6, 6.07) is 18.2. The van der Waals surface area contributed by atoms with Gasteiger partial charge in [0.15, 0.2) is 5.82 Å². The van der Waals surface area contributed by atoms with Crippen molar-refractivity contribution in [3.05, 3.63) is 60.8 Å². The first-order valence-electron chi connectivity index (χ1n) is 8.98. The number of aromatic nitrogens is 3. The van der Waals surface area contributed by atoms with Gasteiger partial charge in [-0.05, 0) is 24.3 Å². The summed E-state index contributed by atoms with van der Waals surface area (Å²) in [6.07, 6.45) is 1.64. The van der Waals surface area contributed by atoms with E-state index in [9.17, 15) is 0 Å². The largest absolute Gasteiger partial charge is 0.378 e. The third kappa shape index (κ3) is 3.98. The Morgan fingerprint density at radius 3 is 2.56 bits per heavy atom. The van der Waals surface area contributed by atoms with Crippen LogP contribution >= 0.6 is 0 Å². The maximum atomic E-state index is 5.47. The highest BCUT2D eigenvalue weighted by molar-refractivity contribution is 5.74. The average molecular weight is 362 g/mol. The van der Waals surface area contributed by atoms with E-state index in [4.69, 9.17) is 4.74 Å². The van der Waals surface area contributed by atoms with Crippen molar-refractivity contribution in [2.24, 2.45) is 0 Å². The predicted molar refractivity (Wildman–Crippen MR) is 107 cm³/mol. The van der Waals surface area contributed by atoms with Gasteiger partial charge in [-0.3, -0.25) is 0 Å². The van der Waals surface area contributed by atoms with Crippen molar-refractivity contribution < 1.29 is 4.74 Å². The van der Waals surface area contributed by atoms with Gasteiger partial charge in [-0.1, -0.05) is 30.3 Å². The molecule has 0 radical (unpaired) electrons. The lowest BCUT2D eigenvalue weighted by atomic mass is 10.2. The molecule has 2 aromatic carbocycles. The molecule has 0 atom stereocenters. The van der Waals surface area contributed by atoms with Crippen LogP contribution in [0.2, 0.25) is 0 Å². The lowest BCUT2D eigenvalue weighted by Gasteiger charge is -2.30. The van der Waals surface area contributed by atoms with Crippen LogP contribution in [0.3, 0.4) is 0 Å². The molecule has 1 aromatic heterocycles. The number of hydrogen-bond donors (Lipinski definition) is 1. The van der Waals surface area contributed by atoms with Crippen LogP contribution in [0.1, 0.15) is 0 Å². The molecular formula is C20H22N6O. The molecule has 27 heavy (non-hydrogen) atoms. The van der Waals surface area contributed by atoms with Gasteiger partial charge in [0.1, 0.15) is 0 Å². The second-order valence-electron chi connectivity index (χ2n) is 6.28. The van der Waals surface area contributed by atoms with Crippen molar-refractivity contribution in [2.45, 2.75) is 0 Å². The van der Waals surface area contributed by atoms with Gasteiger partial charge >= 0.3 is 0 Å². The highest BCUT2D eigenvalue weighted by atomic mass is 16.5. The highest BCUT2D eigenvalue weighted by Crippen LogP contribution is 2.29. The van der Waals surface area contributed by atoms with Crippen LogP contribution in [0.15, 0.2) is 60.8 Å². The molecule has 0 saturated carbocycles. The summed E-state index contributed by atoms with van der Waals surface area (Å²) in [4.78, 5) is 8.85. The smallest absolute Gasteiger partial charge is 0.251 e. The number of nitrogens with zero attached hydrogens (tertiary/aromatic N) is 5. The third-order valence-corrected chi connectivity index (χ3v) is 4.51. The molecule has 1 saturated heterocycles. The van der Waals surface area contributed by atoms with E-state index in [0.717, 1.165) is 43.4 Å². The number of anilines is 5. The average Bonchev–Trinajstić information content (AvgIpc) is 2.75. The highest BCUT2D eigenvalue weighted by Gasteiger charge is 2.15. The van der Waals surface area contributed by atoms with Crippen molar-refractivity contribution in [2.75, 3.05) is 48.5 Å². The van der Waals surface area contributed by atoms with Gasteiger partial charge < -0.3 is 19.9 Å². The topological polar surface area (TPSA) is 66.4 Å². The van der Waals surface area contributed by atoms with E-state index in [0.29, 0.717) is 11.8 Å². The third-order valence-electron chi connectivity index (χ3n) is 4.51. The molecule has 0 amide bonds. The number of ether oxygens (including phenoxy) is 1. The molecule has 0 spiro atoms. The Labute approximate surface area is 158 Å². The van der Waals surface area contributed by atoms with Crippen molar-refractivity contribution >= 4 is 28.8 Å². The Morgan fingerprint density at radius 2 is 1.74 bits per heavy atom. The fourth-order valence-electron chi connectivity index (χ4n) is 3.06. The first kappa shape index (κ1) is 17.2. The van der Waals surface area contributed by atoms with E-state index in [1.807, 2.05) is 60.5 Å². The predicted octanol–water partition coefficient (Wildman–Crippen LogP) is 3.22. The minimum atomic E-state index is 0.537. The molecule has 1 fully saturated rings. The van der Waals surface area contributed by atoms with Crippen LogP contribution in [0, 0.1) is 0 Å². The Kier molecular flexibility index (Phi) is 5.11. The Balaban J connectivity index is 1.57. The standard InChI is InChI=1S/C20H22N6O/c1-25(16-7-3-2-4-8-16)20-23-19(15-21-24-20)22-17-9-5-6-10-18(17)26-11-13-27-14-12-26/h2-10,15H,11-14H2,1H3,(H,22,23,24). The van der Waals surface area contributed by atoms with Crippen LogP contribution in [0.4, 0.5) is 28.8 Å². The van der Waals surface area contributed by atoms with E-state index < -0.39 is 0 Å². The maximum absolute atomic E-state index is 5.47. The molecule has 0 unspecified atom stereocenters. The monoisotopic (exact) mass is 362 g/mol. The first-order chi connectivity index (χ1) is 13.3. The van der Waals surface area contributed by atoms with Crippen LogP contribution in [0.5, 0.6) is 0 Å². The fraction of sp³-hybridized carbons (Fsp3) is 0.250. The molecular weight excluding hydrogens is 340 g/mol. The molecule has 138 valence electrons. The summed E-state index contributed by atoms with van der Waals surface area (Å²) < 4.78 is 5.47. The Hall–Kier alpha value is -3.19. The zero-order chi connectivity index (χ0) is 18.5. The number of morpholine rings is 1. The van der Waals surface area contributed by atoms with Gasteiger partial charge in [0, 0.05) is 25.8 Å². The molecule has 3 aromatic rings. The van der Waals surface area contributed by atoms with Crippen molar-refractivity contribution in [1.29, 1.82) is 0 Å². The lowest BCUT2D eigenvalue weighted by molar-refractivity contribution is 0.123. The molecule has 1 N–H and O–H groups in total. The summed E-state index contributed by atoms with van der Waals surface area (Å²) in [5.41, 5.74) is 3.13. The van der Waals surface area contributed by atoms with Crippen molar-refractivity contribution in [1.82, 2.24) is 15.2 Å². The summed E-state index contributed by atoms with van der Waals surface area (Å²) in [6.45, 7) is 3.25.